The minimum atomic E-state index is -0.579. The molecule has 1 aliphatic heterocycles. The van der Waals surface area contributed by atoms with Crippen LogP contribution in [0, 0.1) is 5.92 Å². The molecule has 1 aromatic heterocycles. The molecule has 1 aliphatic rings. The number of aliphatic hydroxyl groups is 1. The summed E-state index contributed by atoms with van der Waals surface area (Å²) >= 11 is 0. The van der Waals surface area contributed by atoms with Crippen molar-refractivity contribution in [3.05, 3.63) is 72.4 Å². The second kappa shape index (κ2) is 6.55. The van der Waals surface area contributed by atoms with Crippen molar-refractivity contribution in [3.63, 3.8) is 0 Å². The largest absolute Gasteiger partial charge is 0.510 e. The van der Waals surface area contributed by atoms with Gasteiger partial charge in [0.1, 0.15) is 17.9 Å². The molecule has 0 spiro atoms. The number of aldehydes is 1. The van der Waals surface area contributed by atoms with Crippen LogP contribution in [0.2, 0.25) is 0 Å². The van der Waals surface area contributed by atoms with Crippen LogP contribution in [0.15, 0.2) is 66.8 Å². The van der Waals surface area contributed by atoms with Gasteiger partial charge in [-0.2, -0.15) is 0 Å². The van der Waals surface area contributed by atoms with Crippen molar-refractivity contribution in [3.8, 4) is 11.1 Å². The summed E-state index contributed by atoms with van der Waals surface area (Å²) in [4.78, 5) is 16.9. The third kappa shape index (κ3) is 3.63. The van der Waals surface area contributed by atoms with E-state index in [1.54, 1.807) is 23.4 Å². The highest BCUT2D eigenvalue weighted by Crippen LogP contribution is 2.28. The lowest BCUT2D eigenvalue weighted by Gasteiger charge is -2.21. The zero-order valence-electron chi connectivity index (χ0n) is 14.7. The molecule has 0 bridgehead atoms. The first-order chi connectivity index (χ1) is 11.9. The van der Waals surface area contributed by atoms with Crippen LogP contribution >= 0.6 is 0 Å². The van der Waals surface area contributed by atoms with E-state index < -0.39 is 5.92 Å². The predicted molar refractivity (Wildman–Crippen MR) is 100 cm³/mol. The number of hydrogen-bond acceptors (Lipinski definition) is 4. The molecule has 4 nitrogen and oxygen atoms in total. The quantitative estimate of drug-likeness (QED) is 0.834. The molecule has 0 radical (unpaired) electrons. The Hall–Kier alpha value is -2.88. The molecule has 1 aromatic carbocycles. The number of carbonyl (C=O) groups excluding carboxylic acids is 1. The summed E-state index contributed by atoms with van der Waals surface area (Å²) in [6.45, 7) is 6.59. The number of carbonyl (C=O) groups is 1. The Kier molecular flexibility index (Phi) is 4.45. The predicted octanol–water partition coefficient (Wildman–Crippen LogP) is 4.59. The lowest BCUT2D eigenvalue weighted by Crippen LogP contribution is -2.18. The molecule has 0 saturated heterocycles. The van der Waals surface area contributed by atoms with Crippen LogP contribution < -0.4 is 4.90 Å². The molecule has 0 amide bonds. The molecule has 4 heteroatoms. The van der Waals surface area contributed by atoms with Gasteiger partial charge in [-0.05, 0) is 34.2 Å². The van der Waals surface area contributed by atoms with E-state index in [0.29, 0.717) is 12.1 Å². The standard InChI is InChI=1S/C21H22N2O2/c1-21(2,3)18-6-4-15(5-7-18)16-8-10-22-20(12-16)23-11-9-17(14-24)19(25)13-23/h4-14,17,25H,1-3H3. The summed E-state index contributed by atoms with van der Waals surface area (Å²) in [6, 6.07) is 12.4. The monoisotopic (exact) mass is 334 g/mol. The van der Waals surface area contributed by atoms with E-state index in [-0.39, 0.29) is 11.2 Å². The highest BCUT2D eigenvalue weighted by Gasteiger charge is 2.17. The van der Waals surface area contributed by atoms with Gasteiger partial charge in [-0.15, -0.1) is 0 Å². The molecular formula is C21H22N2O2. The maximum Gasteiger partial charge on any atom is 0.137 e. The number of rotatable bonds is 3. The lowest BCUT2D eigenvalue weighted by molar-refractivity contribution is -0.109. The third-order valence-corrected chi connectivity index (χ3v) is 4.31. The average Bonchev–Trinajstić information content (AvgIpc) is 2.61. The van der Waals surface area contributed by atoms with Gasteiger partial charge in [0.2, 0.25) is 0 Å². The van der Waals surface area contributed by atoms with Crippen LogP contribution in [0.25, 0.3) is 11.1 Å². The van der Waals surface area contributed by atoms with Crippen LogP contribution in [-0.4, -0.2) is 16.4 Å². The Morgan fingerprint density at radius 2 is 1.84 bits per heavy atom. The molecular weight excluding hydrogens is 312 g/mol. The zero-order chi connectivity index (χ0) is 18.0. The van der Waals surface area contributed by atoms with Crippen molar-refractivity contribution in [2.75, 3.05) is 4.90 Å². The van der Waals surface area contributed by atoms with Crippen molar-refractivity contribution >= 4 is 12.1 Å². The van der Waals surface area contributed by atoms with Gasteiger partial charge >= 0.3 is 0 Å². The number of nitrogens with zero attached hydrogens (tertiary/aromatic N) is 2. The molecule has 1 atom stereocenters. The van der Waals surface area contributed by atoms with Gasteiger partial charge in [0.25, 0.3) is 0 Å². The zero-order valence-corrected chi connectivity index (χ0v) is 14.7. The van der Waals surface area contributed by atoms with E-state index in [9.17, 15) is 9.90 Å². The molecule has 25 heavy (non-hydrogen) atoms. The summed E-state index contributed by atoms with van der Waals surface area (Å²) in [7, 11) is 0. The summed E-state index contributed by atoms with van der Waals surface area (Å²) < 4.78 is 0. The van der Waals surface area contributed by atoms with Gasteiger partial charge in [-0.3, -0.25) is 0 Å². The summed E-state index contributed by atoms with van der Waals surface area (Å²) in [5.41, 5.74) is 3.57. The Morgan fingerprint density at radius 3 is 2.44 bits per heavy atom. The second-order valence-corrected chi connectivity index (χ2v) is 7.19. The molecule has 2 aromatic rings. The number of allylic oxidation sites excluding steroid dienone is 1. The highest BCUT2D eigenvalue weighted by molar-refractivity contribution is 5.69. The molecule has 3 rings (SSSR count). The second-order valence-electron chi connectivity index (χ2n) is 7.19. The van der Waals surface area contributed by atoms with Gasteiger partial charge in [-0.25, -0.2) is 4.98 Å². The number of benzene rings is 1. The van der Waals surface area contributed by atoms with Crippen LogP contribution in [-0.2, 0) is 10.2 Å². The van der Waals surface area contributed by atoms with Crippen molar-refractivity contribution in [2.45, 2.75) is 26.2 Å². The summed E-state index contributed by atoms with van der Waals surface area (Å²) in [5.74, 6) is 0.119. The van der Waals surface area contributed by atoms with Gasteiger partial charge in [0.15, 0.2) is 0 Å². The number of hydrogen-bond donors (Lipinski definition) is 1. The first-order valence-electron chi connectivity index (χ1n) is 8.28. The van der Waals surface area contributed by atoms with E-state index in [2.05, 4.69) is 50.0 Å². The summed E-state index contributed by atoms with van der Waals surface area (Å²) in [5, 5.41) is 9.90. The van der Waals surface area contributed by atoms with Gasteiger partial charge < -0.3 is 14.8 Å². The SMILES string of the molecule is CC(C)(C)c1ccc(-c2ccnc(N3C=CC(C=O)C(O)=C3)c2)cc1. The number of aliphatic hydroxyl groups excluding tert-OH is 1. The van der Waals surface area contributed by atoms with E-state index >= 15 is 0 Å². The minimum Gasteiger partial charge on any atom is -0.510 e. The van der Waals surface area contributed by atoms with Gasteiger partial charge in [0.05, 0.1) is 5.92 Å². The van der Waals surface area contributed by atoms with Gasteiger partial charge in [-0.1, -0.05) is 51.1 Å². The number of aromatic nitrogens is 1. The summed E-state index contributed by atoms with van der Waals surface area (Å²) in [6.07, 6.45) is 7.36. The molecule has 1 unspecified atom stereocenters. The number of anilines is 1. The topological polar surface area (TPSA) is 53.4 Å². The van der Waals surface area contributed by atoms with E-state index in [0.717, 1.165) is 11.1 Å². The molecule has 0 fully saturated rings. The first kappa shape index (κ1) is 17.0. The fourth-order valence-electron chi connectivity index (χ4n) is 2.72. The van der Waals surface area contributed by atoms with Crippen molar-refractivity contribution in [1.82, 2.24) is 4.98 Å². The van der Waals surface area contributed by atoms with Crippen molar-refractivity contribution < 1.29 is 9.90 Å². The Morgan fingerprint density at radius 1 is 1.12 bits per heavy atom. The maximum absolute atomic E-state index is 10.9. The fraction of sp³-hybridized carbons (Fsp3) is 0.238. The minimum absolute atomic E-state index is 0.0132. The fourth-order valence-corrected chi connectivity index (χ4v) is 2.72. The third-order valence-electron chi connectivity index (χ3n) is 4.31. The Bertz CT molecular complexity index is 830. The molecule has 0 aliphatic carbocycles. The van der Waals surface area contributed by atoms with Crippen molar-refractivity contribution in [1.29, 1.82) is 0 Å². The number of pyridine rings is 1. The normalized spacial score (nSPS) is 17.3. The van der Waals surface area contributed by atoms with E-state index in [1.165, 1.54) is 11.8 Å². The van der Waals surface area contributed by atoms with E-state index in [1.807, 2.05) is 12.1 Å². The molecule has 128 valence electrons. The van der Waals surface area contributed by atoms with Crippen LogP contribution in [0.5, 0.6) is 0 Å². The maximum atomic E-state index is 10.9. The molecule has 1 N–H and O–H groups in total. The Balaban J connectivity index is 1.89. The van der Waals surface area contributed by atoms with Crippen LogP contribution in [0.1, 0.15) is 26.3 Å². The molecule has 0 saturated carbocycles. The highest BCUT2D eigenvalue weighted by atomic mass is 16.3. The lowest BCUT2D eigenvalue weighted by atomic mass is 9.86. The van der Waals surface area contributed by atoms with E-state index in [4.69, 9.17) is 0 Å². The van der Waals surface area contributed by atoms with Crippen LogP contribution in [0.4, 0.5) is 5.82 Å². The van der Waals surface area contributed by atoms with Gasteiger partial charge in [0, 0.05) is 18.6 Å². The average molecular weight is 334 g/mol. The molecule has 2 heterocycles. The smallest absolute Gasteiger partial charge is 0.137 e. The Labute approximate surface area is 148 Å². The van der Waals surface area contributed by atoms with Crippen LogP contribution in [0.3, 0.4) is 0 Å². The van der Waals surface area contributed by atoms with Crippen molar-refractivity contribution in [2.24, 2.45) is 5.92 Å². The first-order valence-corrected chi connectivity index (χ1v) is 8.28.